The lowest BCUT2D eigenvalue weighted by atomic mass is 9.84. The van der Waals surface area contributed by atoms with E-state index in [2.05, 4.69) is 25.9 Å². The molecule has 4 rings (SSSR count). The van der Waals surface area contributed by atoms with Crippen LogP contribution in [0, 0.1) is 5.92 Å². The van der Waals surface area contributed by atoms with Crippen LogP contribution < -0.4 is 5.84 Å². The van der Waals surface area contributed by atoms with E-state index in [1.165, 1.54) is 0 Å². The lowest BCUT2D eigenvalue weighted by Gasteiger charge is -2.36. The number of halogens is 1. The van der Waals surface area contributed by atoms with E-state index in [1.807, 2.05) is 18.7 Å². The number of nitrogens with two attached hydrogens (primary N) is 1. The Balaban J connectivity index is 1.66. The standard InChI is InChI=1S/C15H19BrN5O2/c1-15(2)11-4-3-9(8-20(11)14(22)23-15)12-10-7-18-5-6-21(10,17)13(16)19-12/h5-7,9,11H,3-4,8,17H2,1-2H3/q+1/t9-,11+,21?/m1/s1. The second-order valence-electron chi connectivity index (χ2n) is 6.92. The number of cyclic esters (lactones) is 1. The first-order valence-electron chi connectivity index (χ1n) is 7.70. The van der Waals surface area contributed by atoms with Crippen LogP contribution in [0.3, 0.4) is 0 Å². The van der Waals surface area contributed by atoms with Gasteiger partial charge in [0.15, 0.2) is 0 Å². The van der Waals surface area contributed by atoms with Crippen LogP contribution in [0.2, 0.25) is 0 Å². The number of allylic oxidation sites excluding steroid dienone is 1. The summed E-state index contributed by atoms with van der Waals surface area (Å²) >= 11 is 3.47. The van der Waals surface area contributed by atoms with Crippen molar-refractivity contribution >= 4 is 33.0 Å². The zero-order valence-electron chi connectivity index (χ0n) is 13.1. The summed E-state index contributed by atoms with van der Waals surface area (Å²) in [6.07, 6.45) is 6.81. The summed E-state index contributed by atoms with van der Waals surface area (Å²) in [6, 6.07) is 0.128. The van der Waals surface area contributed by atoms with E-state index >= 15 is 0 Å². The van der Waals surface area contributed by atoms with Gasteiger partial charge in [0.1, 0.15) is 17.5 Å². The van der Waals surface area contributed by atoms with Gasteiger partial charge >= 0.3 is 10.8 Å². The van der Waals surface area contributed by atoms with Crippen LogP contribution in [0.15, 0.2) is 33.8 Å². The van der Waals surface area contributed by atoms with Crippen LogP contribution in [0.1, 0.15) is 26.7 Å². The van der Waals surface area contributed by atoms with E-state index in [-0.39, 0.29) is 22.6 Å². The molecule has 0 aliphatic carbocycles. The minimum Gasteiger partial charge on any atom is -0.441 e. The number of amidine groups is 1. The van der Waals surface area contributed by atoms with Gasteiger partial charge in [-0.25, -0.2) is 4.79 Å². The van der Waals surface area contributed by atoms with E-state index in [0.29, 0.717) is 11.3 Å². The second-order valence-corrected chi connectivity index (χ2v) is 7.63. The Hall–Kier alpha value is -1.51. The minimum atomic E-state index is -0.428. The van der Waals surface area contributed by atoms with Crippen LogP contribution in [0.5, 0.6) is 0 Å². The third kappa shape index (κ3) is 2.05. The van der Waals surface area contributed by atoms with Crippen molar-refractivity contribution in [1.29, 1.82) is 0 Å². The Kier molecular flexibility index (Phi) is 3.11. The number of rotatable bonds is 1. The molecule has 1 amide bonds. The fraction of sp³-hybridized carbons (Fsp3) is 0.533. The number of carbonyl (C=O) groups is 1. The molecular weight excluding hydrogens is 362 g/mol. The number of nitrogens with zero attached hydrogens (tertiary/aromatic N) is 4. The van der Waals surface area contributed by atoms with E-state index in [0.717, 1.165) is 24.2 Å². The van der Waals surface area contributed by atoms with E-state index in [9.17, 15) is 4.79 Å². The molecule has 7 nitrogen and oxygen atoms in total. The summed E-state index contributed by atoms with van der Waals surface area (Å²) in [4.78, 5) is 22.8. The molecule has 2 fully saturated rings. The Morgan fingerprint density at radius 3 is 3.04 bits per heavy atom. The van der Waals surface area contributed by atoms with Crippen molar-refractivity contribution in [3.8, 4) is 0 Å². The quantitative estimate of drug-likeness (QED) is 0.430. The summed E-state index contributed by atoms with van der Waals surface area (Å²) in [6.45, 7) is 4.55. The molecule has 0 radical (unpaired) electrons. The summed E-state index contributed by atoms with van der Waals surface area (Å²) in [5.74, 6) is 6.54. The zero-order chi connectivity index (χ0) is 16.4. The highest BCUT2D eigenvalue weighted by Crippen LogP contribution is 2.42. The van der Waals surface area contributed by atoms with Gasteiger partial charge in [-0.2, -0.15) is 10.8 Å². The lowest BCUT2D eigenvalue weighted by molar-refractivity contribution is -0.746. The first kappa shape index (κ1) is 15.0. The van der Waals surface area contributed by atoms with Gasteiger partial charge in [-0.15, -0.1) is 4.59 Å². The summed E-state index contributed by atoms with van der Waals surface area (Å²) < 4.78 is 6.16. The van der Waals surface area contributed by atoms with E-state index < -0.39 is 5.60 Å². The maximum absolute atomic E-state index is 12.2. The normalized spacial score (nSPS) is 37.7. The van der Waals surface area contributed by atoms with Crippen molar-refractivity contribution in [2.75, 3.05) is 6.54 Å². The van der Waals surface area contributed by atoms with E-state index in [4.69, 9.17) is 10.6 Å². The molecule has 4 aliphatic rings. The SMILES string of the molecule is CC1(C)OC(=O)N2C[C@H](C3=C4C=NC=C[N+]4(N)C(Br)=N3)CC[C@H]21. The van der Waals surface area contributed by atoms with Crippen LogP contribution in [0.4, 0.5) is 4.79 Å². The lowest BCUT2D eigenvalue weighted by Crippen LogP contribution is -2.51. The molecule has 4 aliphatic heterocycles. The van der Waals surface area contributed by atoms with Crippen molar-refractivity contribution in [2.24, 2.45) is 21.7 Å². The number of hydrogen-bond donors (Lipinski definition) is 1. The number of carbonyl (C=O) groups excluding carboxylic acids is 1. The molecule has 2 N–H and O–H groups in total. The summed E-state index contributed by atoms with van der Waals surface area (Å²) in [7, 11) is 0. The fourth-order valence-electron chi connectivity index (χ4n) is 3.86. The Labute approximate surface area is 142 Å². The number of ether oxygens (including phenoxy) is 1. The largest absolute Gasteiger partial charge is 0.441 e. The van der Waals surface area contributed by atoms with Crippen molar-refractivity contribution in [3.63, 3.8) is 0 Å². The number of amides is 1. The van der Waals surface area contributed by atoms with Gasteiger partial charge in [0, 0.05) is 28.4 Å². The van der Waals surface area contributed by atoms with Gasteiger partial charge in [-0.1, -0.05) is 0 Å². The van der Waals surface area contributed by atoms with Crippen molar-refractivity contribution < 1.29 is 14.1 Å². The Morgan fingerprint density at radius 1 is 1.48 bits per heavy atom. The zero-order valence-corrected chi connectivity index (χ0v) is 14.7. The van der Waals surface area contributed by atoms with Gasteiger partial charge in [-0.05, 0) is 26.7 Å². The average Bonchev–Trinajstić information content (AvgIpc) is 2.90. The third-order valence-electron chi connectivity index (χ3n) is 5.12. The smallest absolute Gasteiger partial charge is 0.410 e. The molecule has 0 saturated carbocycles. The van der Waals surface area contributed by atoms with Gasteiger partial charge in [0.05, 0.1) is 18.5 Å². The van der Waals surface area contributed by atoms with Crippen molar-refractivity contribution in [3.05, 3.63) is 23.8 Å². The van der Waals surface area contributed by atoms with Crippen LogP contribution in [-0.2, 0) is 4.74 Å². The van der Waals surface area contributed by atoms with Crippen molar-refractivity contribution in [1.82, 2.24) is 4.90 Å². The first-order valence-corrected chi connectivity index (χ1v) is 8.49. The predicted octanol–water partition coefficient (Wildman–Crippen LogP) is 2.22. The number of piperidine rings is 1. The maximum atomic E-state index is 12.2. The fourth-order valence-corrected chi connectivity index (χ4v) is 4.36. The monoisotopic (exact) mass is 380 g/mol. The molecule has 3 atom stereocenters. The molecule has 0 bridgehead atoms. The maximum Gasteiger partial charge on any atom is 0.410 e. The number of fused-ring (bicyclic) bond motifs is 2. The molecular formula is C15H19BrN5O2+. The Morgan fingerprint density at radius 2 is 2.26 bits per heavy atom. The van der Waals surface area contributed by atoms with Gasteiger partial charge in [0.25, 0.3) is 0 Å². The van der Waals surface area contributed by atoms with Crippen molar-refractivity contribution in [2.45, 2.75) is 38.3 Å². The molecule has 8 heteroatoms. The molecule has 2 saturated heterocycles. The summed E-state index contributed by atoms with van der Waals surface area (Å²) in [5.41, 5.74) is 1.33. The molecule has 23 heavy (non-hydrogen) atoms. The van der Waals surface area contributed by atoms with E-state index in [1.54, 1.807) is 18.6 Å². The molecule has 0 aromatic heterocycles. The van der Waals surface area contributed by atoms with Gasteiger partial charge < -0.3 is 9.64 Å². The number of hydrogen-bond acceptors (Lipinski definition) is 5. The van der Waals surface area contributed by atoms with Crippen LogP contribution in [0.25, 0.3) is 0 Å². The Bertz CT molecular complexity index is 711. The minimum absolute atomic E-state index is 0.00863. The van der Waals surface area contributed by atoms with Crippen LogP contribution >= 0.6 is 15.9 Å². The highest BCUT2D eigenvalue weighted by molar-refractivity contribution is 9.18. The third-order valence-corrected chi connectivity index (χ3v) is 5.88. The number of aliphatic imine (C=N–C) groups is 2. The number of quaternary nitrogens is 1. The molecule has 0 aromatic rings. The molecule has 1 unspecified atom stereocenters. The summed E-state index contributed by atoms with van der Waals surface area (Å²) in [5, 5.41) is 0. The highest BCUT2D eigenvalue weighted by atomic mass is 79.9. The molecule has 122 valence electrons. The topological polar surface area (TPSA) is 80.3 Å². The van der Waals surface area contributed by atoms with Gasteiger partial charge in [0.2, 0.25) is 5.70 Å². The molecule has 0 aromatic carbocycles. The van der Waals surface area contributed by atoms with Gasteiger partial charge in [-0.3, -0.25) is 4.99 Å². The highest BCUT2D eigenvalue weighted by Gasteiger charge is 2.52. The molecule has 0 spiro atoms. The van der Waals surface area contributed by atoms with Crippen LogP contribution in [-0.4, -0.2) is 44.7 Å². The first-order chi connectivity index (χ1) is 10.8. The average molecular weight is 381 g/mol. The second kappa shape index (κ2) is 4.75. The predicted molar refractivity (Wildman–Crippen MR) is 89.2 cm³/mol. The molecule has 4 heterocycles.